The Balaban J connectivity index is 1.45. The molecule has 1 aliphatic rings. The summed E-state index contributed by atoms with van der Waals surface area (Å²) in [6.45, 7) is 3.82. The summed E-state index contributed by atoms with van der Waals surface area (Å²) in [5.41, 5.74) is 6.53. The highest BCUT2D eigenvalue weighted by Gasteiger charge is 2.11. The number of aryl methyl sites for hydroxylation is 1. The first-order valence-electron chi connectivity index (χ1n) is 8.84. The molecule has 0 amide bonds. The maximum atomic E-state index is 11.4. The van der Waals surface area contributed by atoms with E-state index in [2.05, 4.69) is 19.9 Å². The molecule has 1 saturated heterocycles. The van der Waals surface area contributed by atoms with E-state index in [0.717, 1.165) is 13.0 Å². The maximum Gasteiger partial charge on any atom is 0.274 e. The number of H-pyrrole nitrogens is 1. The van der Waals surface area contributed by atoms with Crippen molar-refractivity contribution < 1.29 is 4.74 Å². The molecular formula is C18H25N5O2. The number of anilines is 1. The van der Waals surface area contributed by atoms with Gasteiger partial charge in [-0.2, -0.15) is 0 Å². The summed E-state index contributed by atoms with van der Waals surface area (Å²) in [5, 5.41) is 0. The van der Waals surface area contributed by atoms with Gasteiger partial charge in [-0.05, 0) is 44.0 Å². The Kier molecular flexibility index (Phi) is 6.00. The first kappa shape index (κ1) is 17.4. The fraction of sp³-hybridized carbons (Fsp3) is 0.500. The van der Waals surface area contributed by atoms with Gasteiger partial charge in [0.25, 0.3) is 5.56 Å². The van der Waals surface area contributed by atoms with Crippen molar-refractivity contribution in [1.82, 2.24) is 19.9 Å². The first-order valence-corrected chi connectivity index (χ1v) is 8.84. The number of hydrogen-bond acceptors (Lipinski definition) is 6. The molecule has 0 aromatic carbocycles. The van der Waals surface area contributed by atoms with E-state index in [1.54, 1.807) is 6.20 Å². The lowest BCUT2D eigenvalue weighted by atomic mass is 10.1. The van der Waals surface area contributed by atoms with Crippen LogP contribution in [0.15, 0.2) is 29.3 Å². The van der Waals surface area contributed by atoms with Gasteiger partial charge >= 0.3 is 0 Å². The van der Waals surface area contributed by atoms with E-state index < -0.39 is 0 Å². The Morgan fingerprint density at radius 3 is 2.88 bits per heavy atom. The zero-order valence-electron chi connectivity index (χ0n) is 14.4. The van der Waals surface area contributed by atoms with Crippen molar-refractivity contribution >= 4 is 5.69 Å². The molecule has 0 atom stereocenters. The number of nitrogen functional groups attached to an aromatic ring is 1. The van der Waals surface area contributed by atoms with Crippen LogP contribution in [0, 0.1) is 0 Å². The highest BCUT2D eigenvalue weighted by atomic mass is 16.5. The van der Waals surface area contributed by atoms with Crippen molar-refractivity contribution in [3.63, 3.8) is 0 Å². The van der Waals surface area contributed by atoms with Crippen LogP contribution in [0.1, 0.15) is 37.1 Å². The summed E-state index contributed by atoms with van der Waals surface area (Å²) in [4.78, 5) is 24.9. The van der Waals surface area contributed by atoms with Gasteiger partial charge in [0.15, 0.2) is 0 Å². The van der Waals surface area contributed by atoms with E-state index in [-0.39, 0.29) is 11.2 Å². The SMILES string of the molecule is Nc1cnc(CCCOc2cc(CN3CCCCC3)ccn2)[nH]c1=O. The normalized spacial score (nSPS) is 15.2. The first-order chi connectivity index (χ1) is 12.2. The third-order valence-corrected chi connectivity index (χ3v) is 4.34. The van der Waals surface area contributed by atoms with Gasteiger partial charge in [-0.1, -0.05) is 6.42 Å². The predicted molar refractivity (Wildman–Crippen MR) is 96.5 cm³/mol. The lowest BCUT2D eigenvalue weighted by Crippen LogP contribution is -2.29. The van der Waals surface area contributed by atoms with E-state index in [9.17, 15) is 4.79 Å². The van der Waals surface area contributed by atoms with Crippen LogP contribution >= 0.6 is 0 Å². The minimum Gasteiger partial charge on any atom is -0.478 e. The average Bonchev–Trinajstić information content (AvgIpc) is 2.63. The summed E-state index contributed by atoms with van der Waals surface area (Å²) in [6, 6.07) is 4.06. The number of ether oxygens (including phenoxy) is 1. The molecule has 2 aromatic rings. The van der Waals surface area contributed by atoms with Crippen LogP contribution in [0.4, 0.5) is 5.69 Å². The molecule has 0 radical (unpaired) electrons. The van der Waals surface area contributed by atoms with Gasteiger partial charge in [0.1, 0.15) is 11.5 Å². The number of aromatic amines is 1. The number of hydrogen-bond donors (Lipinski definition) is 2. The molecule has 1 aliphatic heterocycles. The summed E-state index contributed by atoms with van der Waals surface area (Å²) < 4.78 is 5.74. The highest BCUT2D eigenvalue weighted by Crippen LogP contribution is 2.15. The van der Waals surface area contributed by atoms with Crippen molar-refractivity contribution in [3.05, 3.63) is 46.3 Å². The maximum absolute atomic E-state index is 11.4. The van der Waals surface area contributed by atoms with Gasteiger partial charge < -0.3 is 15.5 Å². The minimum atomic E-state index is -0.294. The van der Waals surface area contributed by atoms with Crippen LogP contribution in [0.2, 0.25) is 0 Å². The fourth-order valence-electron chi connectivity index (χ4n) is 2.99. The number of nitrogens with two attached hydrogens (primary N) is 1. The van der Waals surface area contributed by atoms with Crippen molar-refractivity contribution in [1.29, 1.82) is 0 Å². The van der Waals surface area contributed by atoms with Crippen molar-refractivity contribution in [2.45, 2.75) is 38.6 Å². The number of likely N-dealkylation sites (tertiary alicyclic amines) is 1. The van der Waals surface area contributed by atoms with Crippen LogP contribution in [0.3, 0.4) is 0 Å². The smallest absolute Gasteiger partial charge is 0.274 e. The zero-order valence-corrected chi connectivity index (χ0v) is 14.4. The molecule has 0 saturated carbocycles. The standard InChI is InChI=1S/C18H25N5O2/c19-15-12-21-16(22-18(15)24)5-4-10-25-17-11-14(6-7-20-17)13-23-8-2-1-3-9-23/h6-7,11-12H,1-5,8-10,13,19H2,(H,21,22,24). The molecular weight excluding hydrogens is 318 g/mol. The summed E-state index contributed by atoms with van der Waals surface area (Å²) in [5.74, 6) is 1.27. The van der Waals surface area contributed by atoms with Crippen LogP contribution in [-0.4, -0.2) is 39.5 Å². The van der Waals surface area contributed by atoms with Crippen LogP contribution in [0.25, 0.3) is 0 Å². The van der Waals surface area contributed by atoms with Crippen molar-refractivity contribution in [2.75, 3.05) is 25.4 Å². The topological polar surface area (TPSA) is 97.1 Å². The molecule has 3 N–H and O–H groups in total. The average molecular weight is 343 g/mol. The Morgan fingerprint density at radius 1 is 1.24 bits per heavy atom. The Labute approximate surface area is 147 Å². The molecule has 0 spiro atoms. The number of piperidine rings is 1. The fourth-order valence-corrected chi connectivity index (χ4v) is 2.99. The highest BCUT2D eigenvalue weighted by molar-refractivity contribution is 5.30. The quantitative estimate of drug-likeness (QED) is 0.743. The number of nitrogens with zero attached hydrogens (tertiary/aromatic N) is 3. The monoisotopic (exact) mass is 343 g/mol. The third-order valence-electron chi connectivity index (χ3n) is 4.34. The van der Waals surface area contributed by atoms with Crippen LogP contribution < -0.4 is 16.0 Å². The van der Waals surface area contributed by atoms with Gasteiger partial charge in [0, 0.05) is 25.2 Å². The molecule has 3 rings (SSSR count). The zero-order chi connectivity index (χ0) is 17.5. The molecule has 7 nitrogen and oxygen atoms in total. The van der Waals surface area contributed by atoms with E-state index in [1.165, 1.54) is 44.1 Å². The van der Waals surface area contributed by atoms with Crippen LogP contribution in [0.5, 0.6) is 5.88 Å². The Bertz CT molecular complexity index is 740. The summed E-state index contributed by atoms with van der Waals surface area (Å²) >= 11 is 0. The van der Waals surface area contributed by atoms with Crippen molar-refractivity contribution in [2.24, 2.45) is 0 Å². The number of nitrogens with one attached hydrogen (secondary N) is 1. The van der Waals surface area contributed by atoms with E-state index in [4.69, 9.17) is 10.5 Å². The van der Waals surface area contributed by atoms with Gasteiger partial charge in [0.05, 0.1) is 12.8 Å². The minimum absolute atomic E-state index is 0.134. The molecule has 0 bridgehead atoms. The number of rotatable bonds is 7. The second-order valence-corrected chi connectivity index (χ2v) is 6.41. The second kappa shape index (κ2) is 8.62. The van der Waals surface area contributed by atoms with Crippen LogP contribution in [-0.2, 0) is 13.0 Å². The largest absolute Gasteiger partial charge is 0.478 e. The molecule has 7 heteroatoms. The van der Waals surface area contributed by atoms with Gasteiger partial charge in [-0.15, -0.1) is 0 Å². The summed E-state index contributed by atoms with van der Waals surface area (Å²) in [6.07, 6.45) is 8.48. The molecule has 25 heavy (non-hydrogen) atoms. The molecule has 0 aliphatic carbocycles. The van der Waals surface area contributed by atoms with E-state index >= 15 is 0 Å². The second-order valence-electron chi connectivity index (χ2n) is 6.41. The lowest BCUT2D eigenvalue weighted by molar-refractivity contribution is 0.220. The number of aromatic nitrogens is 3. The predicted octanol–water partition coefficient (Wildman–Crippen LogP) is 1.74. The Hall–Kier alpha value is -2.41. The molecule has 1 fully saturated rings. The van der Waals surface area contributed by atoms with Gasteiger partial charge in [-0.3, -0.25) is 9.69 Å². The summed E-state index contributed by atoms with van der Waals surface area (Å²) in [7, 11) is 0. The lowest BCUT2D eigenvalue weighted by Gasteiger charge is -2.26. The van der Waals surface area contributed by atoms with Gasteiger partial charge in [0.2, 0.25) is 5.88 Å². The van der Waals surface area contributed by atoms with E-state index in [0.29, 0.717) is 24.7 Å². The molecule has 3 heterocycles. The molecule has 134 valence electrons. The van der Waals surface area contributed by atoms with E-state index in [1.807, 2.05) is 12.1 Å². The third kappa shape index (κ3) is 5.29. The van der Waals surface area contributed by atoms with Crippen molar-refractivity contribution in [3.8, 4) is 5.88 Å². The Morgan fingerprint density at radius 2 is 2.08 bits per heavy atom. The van der Waals surface area contributed by atoms with Gasteiger partial charge in [-0.25, -0.2) is 9.97 Å². The number of pyridine rings is 1. The molecule has 2 aromatic heterocycles. The molecule has 0 unspecified atom stereocenters.